The van der Waals surface area contributed by atoms with Crippen LogP contribution in [0.4, 0.5) is 0 Å². The quantitative estimate of drug-likeness (QED) is 0.478. The smallest absolute Gasteiger partial charge is 0.252 e. The molecule has 0 aliphatic rings. The fourth-order valence-corrected chi connectivity index (χ4v) is 3.81. The van der Waals surface area contributed by atoms with Gasteiger partial charge in [-0.2, -0.15) is 11.3 Å². The van der Waals surface area contributed by atoms with E-state index >= 15 is 0 Å². The van der Waals surface area contributed by atoms with Gasteiger partial charge in [-0.05, 0) is 41.8 Å². The van der Waals surface area contributed by atoms with Gasteiger partial charge in [0.15, 0.2) is 0 Å². The summed E-state index contributed by atoms with van der Waals surface area (Å²) in [7, 11) is 0. The van der Waals surface area contributed by atoms with Crippen molar-refractivity contribution in [1.29, 1.82) is 0 Å². The van der Waals surface area contributed by atoms with Gasteiger partial charge in [0.05, 0.1) is 6.04 Å². The molecule has 0 fully saturated rings. The molecule has 5 heteroatoms. The molecule has 0 aliphatic heterocycles. The van der Waals surface area contributed by atoms with Crippen molar-refractivity contribution >= 4 is 23.2 Å². The van der Waals surface area contributed by atoms with E-state index in [1.165, 1.54) is 16.9 Å². The van der Waals surface area contributed by atoms with Crippen molar-refractivity contribution < 1.29 is 9.59 Å². The van der Waals surface area contributed by atoms with E-state index in [2.05, 4.69) is 34.9 Å². The monoisotopic (exact) mass is 406 g/mol. The summed E-state index contributed by atoms with van der Waals surface area (Å²) in [6.07, 6.45) is 2.74. The Morgan fingerprint density at radius 1 is 0.931 bits per heavy atom. The molecular formula is C24H26N2O2S. The van der Waals surface area contributed by atoms with E-state index in [1.54, 1.807) is 6.07 Å². The highest BCUT2D eigenvalue weighted by molar-refractivity contribution is 7.08. The van der Waals surface area contributed by atoms with Crippen LogP contribution in [0.5, 0.6) is 0 Å². The second-order valence-electron chi connectivity index (χ2n) is 6.93. The number of carbonyl (C=O) groups excluding carboxylic acids is 2. The molecule has 3 aromatic rings. The third kappa shape index (κ3) is 6.88. The number of nitrogens with one attached hydrogen (secondary N) is 2. The Hall–Kier alpha value is -2.92. The first-order valence-electron chi connectivity index (χ1n) is 9.91. The van der Waals surface area contributed by atoms with Crippen molar-refractivity contribution in [2.75, 3.05) is 6.54 Å². The van der Waals surface area contributed by atoms with Crippen molar-refractivity contribution in [3.05, 3.63) is 94.2 Å². The van der Waals surface area contributed by atoms with Crippen molar-refractivity contribution in [2.45, 2.75) is 31.7 Å². The topological polar surface area (TPSA) is 58.2 Å². The van der Waals surface area contributed by atoms with Crippen LogP contribution in [0.25, 0.3) is 0 Å². The summed E-state index contributed by atoms with van der Waals surface area (Å²) in [5.74, 6) is -0.0756. The van der Waals surface area contributed by atoms with Gasteiger partial charge >= 0.3 is 0 Å². The van der Waals surface area contributed by atoms with Gasteiger partial charge in [0.2, 0.25) is 5.91 Å². The predicted molar refractivity (Wildman–Crippen MR) is 118 cm³/mol. The van der Waals surface area contributed by atoms with Crippen LogP contribution in [-0.2, 0) is 11.2 Å². The van der Waals surface area contributed by atoms with E-state index in [-0.39, 0.29) is 17.9 Å². The van der Waals surface area contributed by atoms with Gasteiger partial charge in [-0.3, -0.25) is 9.59 Å². The molecule has 4 nitrogen and oxygen atoms in total. The van der Waals surface area contributed by atoms with Gasteiger partial charge < -0.3 is 10.6 Å². The van der Waals surface area contributed by atoms with E-state index in [4.69, 9.17) is 0 Å². The van der Waals surface area contributed by atoms with E-state index in [9.17, 15) is 9.59 Å². The molecule has 29 heavy (non-hydrogen) atoms. The second-order valence-corrected chi connectivity index (χ2v) is 7.71. The van der Waals surface area contributed by atoms with Crippen molar-refractivity contribution in [1.82, 2.24) is 10.6 Å². The van der Waals surface area contributed by atoms with Crippen molar-refractivity contribution in [2.24, 2.45) is 0 Å². The first-order chi connectivity index (χ1) is 14.2. The summed E-state index contributed by atoms with van der Waals surface area (Å²) in [5.41, 5.74) is 3.05. The minimum atomic E-state index is -0.0864. The van der Waals surface area contributed by atoms with E-state index in [0.717, 1.165) is 18.4 Å². The fourth-order valence-electron chi connectivity index (χ4n) is 3.18. The summed E-state index contributed by atoms with van der Waals surface area (Å²) < 4.78 is 0. The van der Waals surface area contributed by atoms with Gasteiger partial charge in [-0.1, -0.05) is 60.7 Å². The van der Waals surface area contributed by atoms with E-state index < -0.39 is 0 Å². The maximum atomic E-state index is 12.5. The summed E-state index contributed by atoms with van der Waals surface area (Å²) in [6.45, 7) is 0.488. The lowest BCUT2D eigenvalue weighted by Gasteiger charge is -2.19. The number of benzene rings is 2. The molecule has 1 unspecified atom stereocenters. The third-order valence-electron chi connectivity index (χ3n) is 4.75. The maximum absolute atomic E-state index is 12.5. The lowest BCUT2D eigenvalue weighted by atomic mass is 9.98. The molecule has 0 saturated carbocycles. The van der Waals surface area contributed by atoms with Crippen molar-refractivity contribution in [3.8, 4) is 0 Å². The first kappa shape index (κ1) is 20.8. The molecule has 1 heterocycles. The average Bonchev–Trinajstić information content (AvgIpc) is 3.30. The minimum absolute atomic E-state index is 0.0108. The summed E-state index contributed by atoms with van der Waals surface area (Å²) in [6, 6.07) is 22.2. The zero-order valence-corrected chi connectivity index (χ0v) is 17.2. The zero-order valence-electron chi connectivity index (χ0n) is 16.3. The normalized spacial score (nSPS) is 11.6. The third-order valence-corrected chi connectivity index (χ3v) is 5.43. The Morgan fingerprint density at radius 2 is 1.66 bits per heavy atom. The molecule has 2 aromatic carbocycles. The molecule has 1 atom stereocenters. The van der Waals surface area contributed by atoms with Crippen LogP contribution in [0.2, 0.25) is 0 Å². The van der Waals surface area contributed by atoms with Crippen molar-refractivity contribution in [3.63, 3.8) is 0 Å². The highest BCUT2D eigenvalue weighted by Crippen LogP contribution is 2.19. The molecule has 0 saturated heterocycles. The Morgan fingerprint density at radius 3 is 2.34 bits per heavy atom. The standard InChI is InChI=1S/C24H26N2O2S/c27-23(12-7-16-25-24(28)21-15-17-29-18-21)26-22(20-10-5-2-6-11-20)14-13-19-8-3-1-4-9-19/h1-6,8-11,15,17-18,22H,7,12-14,16H2,(H,25,28)(H,26,27). The Bertz CT molecular complexity index is 880. The van der Waals surface area contributed by atoms with E-state index in [0.29, 0.717) is 24.9 Å². The van der Waals surface area contributed by atoms with Gasteiger partial charge in [0.25, 0.3) is 5.91 Å². The van der Waals surface area contributed by atoms with Gasteiger partial charge in [-0.25, -0.2) is 0 Å². The number of thiophene rings is 1. The van der Waals surface area contributed by atoms with Crippen LogP contribution in [0.15, 0.2) is 77.5 Å². The van der Waals surface area contributed by atoms with Crippen LogP contribution in [0, 0.1) is 0 Å². The van der Waals surface area contributed by atoms with Crippen LogP contribution in [0.3, 0.4) is 0 Å². The van der Waals surface area contributed by atoms with Crippen LogP contribution >= 0.6 is 11.3 Å². The number of amides is 2. The Balaban J connectivity index is 1.47. The molecule has 0 bridgehead atoms. The highest BCUT2D eigenvalue weighted by atomic mass is 32.1. The molecular weight excluding hydrogens is 380 g/mol. The summed E-state index contributed by atoms with van der Waals surface area (Å²) in [4.78, 5) is 24.4. The molecule has 150 valence electrons. The molecule has 2 N–H and O–H groups in total. The number of carbonyl (C=O) groups is 2. The van der Waals surface area contributed by atoms with E-state index in [1.807, 2.05) is 47.2 Å². The lowest BCUT2D eigenvalue weighted by molar-refractivity contribution is -0.122. The van der Waals surface area contributed by atoms with Gasteiger partial charge in [-0.15, -0.1) is 0 Å². The maximum Gasteiger partial charge on any atom is 0.252 e. The largest absolute Gasteiger partial charge is 0.352 e. The molecule has 3 rings (SSSR count). The number of hydrogen-bond donors (Lipinski definition) is 2. The van der Waals surface area contributed by atoms with Gasteiger partial charge in [0, 0.05) is 23.9 Å². The minimum Gasteiger partial charge on any atom is -0.352 e. The van der Waals surface area contributed by atoms with Crippen LogP contribution in [0.1, 0.15) is 46.8 Å². The lowest BCUT2D eigenvalue weighted by Crippen LogP contribution is -2.30. The Labute approximate surface area is 176 Å². The molecule has 0 aliphatic carbocycles. The number of aryl methyl sites for hydroxylation is 1. The molecule has 0 radical (unpaired) electrons. The summed E-state index contributed by atoms with van der Waals surface area (Å²) >= 11 is 1.49. The first-order valence-corrected chi connectivity index (χ1v) is 10.9. The average molecular weight is 407 g/mol. The Kier molecular flexibility index (Phi) is 8.01. The highest BCUT2D eigenvalue weighted by Gasteiger charge is 2.14. The predicted octanol–water partition coefficient (Wildman–Crippen LogP) is 4.75. The number of rotatable bonds is 10. The fraction of sp³-hybridized carbons (Fsp3) is 0.250. The molecule has 1 aromatic heterocycles. The second kappa shape index (κ2) is 11.2. The SMILES string of the molecule is O=C(CCCNC(=O)c1ccsc1)NC(CCc1ccccc1)c1ccccc1. The molecule has 2 amide bonds. The van der Waals surface area contributed by atoms with Crippen LogP contribution < -0.4 is 10.6 Å². The zero-order chi connectivity index (χ0) is 20.3. The van der Waals surface area contributed by atoms with Gasteiger partial charge in [0.1, 0.15) is 0 Å². The number of hydrogen-bond acceptors (Lipinski definition) is 3. The molecule has 0 spiro atoms. The summed E-state index contributed by atoms with van der Waals surface area (Å²) in [5, 5.41) is 9.72. The van der Waals surface area contributed by atoms with Crippen LogP contribution in [-0.4, -0.2) is 18.4 Å².